The Labute approximate surface area is 129 Å². The van der Waals surface area contributed by atoms with E-state index in [0.717, 1.165) is 23.1 Å². The van der Waals surface area contributed by atoms with Gasteiger partial charge in [-0.1, -0.05) is 42.3 Å². The average molecular weight is 343 g/mol. The molecule has 4 heteroatoms. The molecule has 0 aliphatic carbocycles. The molecule has 0 bridgehead atoms. The predicted molar refractivity (Wildman–Crippen MR) is 85.2 cm³/mol. The third kappa shape index (κ3) is 3.80. The Morgan fingerprint density at radius 2 is 2.25 bits per heavy atom. The second kappa shape index (κ2) is 7.01. The van der Waals surface area contributed by atoms with Gasteiger partial charge >= 0.3 is 0 Å². The standard InChI is InChI=1S/C16H24BrFN2/c1-4-11(2)16-10-20(12(3)8-19-16)9-13-5-6-14(17)7-15(13)18/h5-7,11-12,16,19H,4,8-10H2,1-3H3. The molecule has 1 aromatic carbocycles. The second-order valence-electron chi connectivity index (χ2n) is 5.91. The SMILES string of the molecule is CCC(C)C1CN(Cc2ccc(Br)cc2F)C(C)CN1. The summed E-state index contributed by atoms with van der Waals surface area (Å²) in [6, 6.07) is 6.30. The molecular weight excluding hydrogens is 319 g/mol. The summed E-state index contributed by atoms with van der Waals surface area (Å²) in [5, 5.41) is 3.62. The van der Waals surface area contributed by atoms with Crippen molar-refractivity contribution < 1.29 is 4.39 Å². The molecule has 20 heavy (non-hydrogen) atoms. The van der Waals surface area contributed by atoms with Gasteiger partial charge in [-0.15, -0.1) is 0 Å². The minimum Gasteiger partial charge on any atom is -0.311 e. The van der Waals surface area contributed by atoms with Gasteiger partial charge in [0.15, 0.2) is 0 Å². The zero-order valence-electron chi connectivity index (χ0n) is 12.5. The van der Waals surface area contributed by atoms with Crippen LogP contribution in [0.25, 0.3) is 0 Å². The molecule has 0 radical (unpaired) electrons. The van der Waals surface area contributed by atoms with Crippen molar-refractivity contribution in [3.63, 3.8) is 0 Å². The van der Waals surface area contributed by atoms with Crippen LogP contribution in [-0.4, -0.2) is 30.1 Å². The van der Waals surface area contributed by atoms with E-state index in [1.165, 1.54) is 6.42 Å². The van der Waals surface area contributed by atoms with Crippen molar-refractivity contribution in [1.29, 1.82) is 0 Å². The first-order valence-corrected chi connectivity index (χ1v) is 8.22. The minimum atomic E-state index is -0.120. The number of rotatable bonds is 4. The van der Waals surface area contributed by atoms with Crippen molar-refractivity contribution in [2.45, 2.75) is 45.8 Å². The summed E-state index contributed by atoms with van der Waals surface area (Å²) in [6.45, 7) is 9.37. The summed E-state index contributed by atoms with van der Waals surface area (Å²) >= 11 is 3.31. The molecule has 1 aliphatic heterocycles. The maximum Gasteiger partial charge on any atom is 0.128 e. The average Bonchev–Trinajstić information content (AvgIpc) is 2.43. The first-order valence-electron chi connectivity index (χ1n) is 7.42. The zero-order chi connectivity index (χ0) is 14.7. The molecule has 1 aromatic rings. The van der Waals surface area contributed by atoms with E-state index < -0.39 is 0 Å². The lowest BCUT2D eigenvalue weighted by atomic mass is 9.95. The second-order valence-corrected chi connectivity index (χ2v) is 6.83. The lowest BCUT2D eigenvalue weighted by Gasteiger charge is -2.41. The maximum atomic E-state index is 14.0. The summed E-state index contributed by atoms with van der Waals surface area (Å²) < 4.78 is 14.8. The molecule has 3 atom stereocenters. The molecule has 0 saturated carbocycles. The zero-order valence-corrected chi connectivity index (χ0v) is 14.1. The largest absolute Gasteiger partial charge is 0.311 e. The molecule has 3 unspecified atom stereocenters. The number of benzene rings is 1. The number of hydrogen-bond donors (Lipinski definition) is 1. The van der Waals surface area contributed by atoms with E-state index in [0.29, 0.717) is 24.5 Å². The van der Waals surface area contributed by atoms with Gasteiger partial charge in [0.05, 0.1) is 0 Å². The van der Waals surface area contributed by atoms with Crippen molar-refractivity contribution in [1.82, 2.24) is 10.2 Å². The molecule has 1 saturated heterocycles. The highest BCUT2D eigenvalue weighted by molar-refractivity contribution is 9.10. The van der Waals surface area contributed by atoms with Gasteiger partial charge in [-0.05, 0) is 25.0 Å². The highest BCUT2D eigenvalue weighted by Gasteiger charge is 2.28. The van der Waals surface area contributed by atoms with Crippen LogP contribution < -0.4 is 5.32 Å². The normalized spacial score (nSPS) is 25.6. The van der Waals surface area contributed by atoms with Gasteiger partial charge in [0, 0.05) is 41.8 Å². The molecule has 0 amide bonds. The fourth-order valence-corrected chi connectivity index (χ4v) is 3.04. The molecule has 1 heterocycles. The van der Waals surface area contributed by atoms with Crippen molar-refractivity contribution >= 4 is 15.9 Å². The topological polar surface area (TPSA) is 15.3 Å². The van der Waals surface area contributed by atoms with Crippen molar-refractivity contribution in [2.75, 3.05) is 13.1 Å². The number of nitrogens with one attached hydrogen (secondary N) is 1. The van der Waals surface area contributed by atoms with Crippen molar-refractivity contribution in [3.05, 3.63) is 34.1 Å². The Morgan fingerprint density at radius 1 is 1.50 bits per heavy atom. The Balaban J connectivity index is 2.06. The molecule has 1 N–H and O–H groups in total. The van der Waals surface area contributed by atoms with Crippen LogP contribution in [0, 0.1) is 11.7 Å². The Hall–Kier alpha value is -0.450. The molecule has 1 fully saturated rings. The molecule has 2 rings (SSSR count). The van der Waals surface area contributed by atoms with E-state index in [1.54, 1.807) is 6.07 Å². The number of piperazine rings is 1. The highest BCUT2D eigenvalue weighted by atomic mass is 79.9. The lowest BCUT2D eigenvalue weighted by Crippen LogP contribution is -2.57. The fourth-order valence-electron chi connectivity index (χ4n) is 2.70. The smallest absolute Gasteiger partial charge is 0.128 e. The summed E-state index contributed by atoms with van der Waals surface area (Å²) in [7, 11) is 0. The van der Waals surface area contributed by atoms with E-state index >= 15 is 0 Å². The summed E-state index contributed by atoms with van der Waals surface area (Å²) in [4.78, 5) is 2.39. The Bertz CT molecular complexity index is 452. The van der Waals surface area contributed by atoms with Gasteiger partial charge < -0.3 is 5.32 Å². The van der Waals surface area contributed by atoms with Crippen LogP contribution in [0.15, 0.2) is 22.7 Å². The van der Waals surface area contributed by atoms with E-state index in [4.69, 9.17) is 0 Å². The van der Waals surface area contributed by atoms with Crippen LogP contribution in [0.3, 0.4) is 0 Å². The van der Waals surface area contributed by atoms with Gasteiger partial charge in [0.1, 0.15) is 5.82 Å². The van der Waals surface area contributed by atoms with E-state index in [9.17, 15) is 4.39 Å². The maximum absolute atomic E-state index is 14.0. The van der Waals surface area contributed by atoms with Gasteiger partial charge in [0.2, 0.25) is 0 Å². The molecule has 1 aliphatic rings. The predicted octanol–water partition coefficient (Wildman–Crippen LogP) is 3.80. The number of hydrogen-bond acceptors (Lipinski definition) is 2. The van der Waals surface area contributed by atoms with Gasteiger partial charge in [-0.3, -0.25) is 4.90 Å². The summed E-state index contributed by atoms with van der Waals surface area (Å²) in [5.74, 6) is 0.532. The molecular formula is C16H24BrFN2. The fraction of sp³-hybridized carbons (Fsp3) is 0.625. The Morgan fingerprint density at radius 3 is 2.90 bits per heavy atom. The summed E-state index contributed by atoms with van der Waals surface area (Å²) in [6.07, 6.45) is 1.17. The lowest BCUT2D eigenvalue weighted by molar-refractivity contribution is 0.110. The molecule has 112 valence electrons. The van der Waals surface area contributed by atoms with Crippen molar-refractivity contribution in [2.24, 2.45) is 5.92 Å². The van der Waals surface area contributed by atoms with Crippen LogP contribution in [-0.2, 0) is 6.54 Å². The molecule has 2 nitrogen and oxygen atoms in total. The van der Waals surface area contributed by atoms with E-state index in [1.807, 2.05) is 12.1 Å². The quantitative estimate of drug-likeness (QED) is 0.895. The van der Waals surface area contributed by atoms with Crippen LogP contribution >= 0.6 is 15.9 Å². The third-order valence-electron chi connectivity index (χ3n) is 4.45. The first-order chi connectivity index (χ1) is 9.51. The third-order valence-corrected chi connectivity index (χ3v) is 4.94. The molecule has 0 spiro atoms. The van der Waals surface area contributed by atoms with E-state index in [2.05, 4.69) is 46.9 Å². The van der Waals surface area contributed by atoms with Crippen LogP contribution in [0.5, 0.6) is 0 Å². The van der Waals surface area contributed by atoms with Crippen LogP contribution in [0.1, 0.15) is 32.8 Å². The van der Waals surface area contributed by atoms with Crippen LogP contribution in [0.2, 0.25) is 0 Å². The van der Waals surface area contributed by atoms with Gasteiger partial charge in [0.25, 0.3) is 0 Å². The number of nitrogens with zero attached hydrogens (tertiary/aromatic N) is 1. The summed E-state index contributed by atoms with van der Waals surface area (Å²) in [5.41, 5.74) is 0.782. The molecule has 0 aromatic heterocycles. The highest BCUT2D eigenvalue weighted by Crippen LogP contribution is 2.21. The van der Waals surface area contributed by atoms with Gasteiger partial charge in [-0.2, -0.15) is 0 Å². The van der Waals surface area contributed by atoms with Crippen LogP contribution in [0.4, 0.5) is 4.39 Å². The van der Waals surface area contributed by atoms with Crippen molar-refractivity contribution in [3.8, 4) is 0 Å². The number of halogens is 2. The monoisotopic (exact) mass is 342 g/mol. The first kappa shape index (κ1) is 15.9. The van der Waals surface area contributed by atoms with E-state index in [-0.39, 0.29) is 5.82 Å². The van der Waals surface area contributed by atoms with Gasteiger partial charge in [-0.25, -0.2) is 4.39 Å². The Kier molecular flexibility index (Phi) is 5.58. The minimum absolute atomic E-state index is 0.120.